The Morgan fingerprint density at radius 3 is 2.91 bits per heavy atom. The Kier molecular flexibility index (Phi) is 4.42. The summed E-state index contributed by atoms with van der Waals surface area (Å²) in [5.41, 5.74) is 1.62. The second-order valence-corrected chi connectivity index (χ2v) is 6.09. The van der Waals surface area contributed by atoms with Crippen molar-refractivity contribution in [3.8, 4) is 0 Å². The first-order chi connectivity index (χ1) is 11.0. The summed E-state index contributed by atoms with van der Waals surface area (Å²) >= 11 is 1.16. The number of fused-ring (bicyclic) bond motifs is 1. The minimum atomic E-state index is -1.02. The lowest BCUT2D eigenvalue weighted by Gasteiger charge is -2.07. The van der Waals surface area contributed by atoms with Gasteiger partial charge in [0.05, 0.1) is 5.75 Å². The van der Waals surface area contributed by atoms with Crippen LogP contribution in [0.1, 0.15) is 17.7 Å². The van der Waals surface area contributed by atoms with Crippen molar-refractivity contribution in [1.29, 1.82) is 0 Å². The second kappa shape index (κ2) is 6.49. The molecule has 0 fully saturated rings. The lowest BCUT2D eigenvalue weighted by Crippen LogP contribution is -2.17. The van der Waals surface area contributed by atoms with Crippen molar-refractivity contribution in [2.75, 3.05) is 11.1 Å². The van der Waals surface area contributed by atoms with Gasteiger partial charge in [-0.3, -0.25) is 4.79 Å². The van der Waals surface area contributed by atoms with Gasteiger partial charge in [0, 0.05) is 23.0 Å². The number of amides is 1. The number of aromatic amines is 1. The molecule has 0 aliphatic heterocycles. The monoisotopic (exact) mass is 337 g/mol. The van der Waals surface area contributed by atoms with Crippen molar-refractivity contribution in [1.82, 2.24) is 9.97 Å². The summed E-state index contributed by atoms with van der Waals surface area (Å²) in [5.74, 6) is -2.35. The van der Waals surface area contributed by atoms with Crippen molar-refractivity contribution in [3.05, 3.63) is 51.6 Å². The van der Waals surface area contributed by atoms with Crippen molar-refractivity contribution in [2.45, 2.75) is 24.3 Å². The Labute approximate surface area is 134 Å². The maximum atomic E-state index is 13.1. The molecule has 5 nitrogen and oxygen atoms in total. The average Bonchev–Trinajstić information content (AvgIpc) is 2.97. The normalized spacial score (nSPS) is 13.0. The minimum Gasteiger partial charge on any atom is -0.325 e. The van der Waals surface area contributed by atoms with Gasteiger partial charge in [0.25, 0.3) is 0 Å². The first-order valence-electron chi connectivity index (χ1n) is 7.02. The van der Waals surface area contributed by atoms with E-state index >= 15 is 0 Å². The highest BCUT2D eigenvalue weighted by atomic mass is 32.2. The third-order valence-electron chi connectivity index (χ3n) is 3.48. The predicted octanol–water partition coefficient (Wildman–Crippen LogP) is 2.27. The van der Waals surface area contributed by atoms with E-state index in [-0.39, 0.29) is 17.3 Å². The number of nitrogens with one attached hydrogen (secondary N) is 2. The van der Waals surface area contributed by atoms with Crippen LogP contribution in [0.2, 0.25) is 0 Å². The van der Waals surface area contributed by atoms with E-state index in [2.05, 4.69) is 15.3 Å². The largest absolute Gasteiger partial charge is 0.346 e. The van der Waals surface area contributed by atoms with Crippen LogP contribution in [0.15, 0.2) is 28.0 Å². The average molecular weight is 337 g/mol. The van der Waals surface area contributed by atoms with Crippen LogP contribution in [0.3, 0.4) is 0 Å². The number of hydrogen-bond acceptors (Lipinski definition) is 4. The molecule has 1 aliphatic rings. The summed E-state index contributed by atoms with van der Waals surface area (Å²) in [6, 6.07) is 3.15. The van der Waals surface area contributed by atoms with Gasteiger partial charge in [-0.2, -0.15) is 4.98 Å². The van der Waals surface area contributed by atoms with E-state index < -0.39 is 17.3 Å². The number of benzene rings is 1. The summed E-state index contributed by atoms with van der Waals surface area (Å²) in [6.07, 6.45) is 2.58. The Bertz CT molecular complexity index is 823. The van der Waals surface area contributed by atoms with Gasteiger partial charge in [-0.05, 0) is 31.4 Å². The van der Waals surface area contributed by atoms with E-state index in [9.17, 15) is 18.4 Å². The van der Waals surface area contributed by atoms with E-state index in [1.54, 1.807) is 0 Å². The van der Waals surface area contributed by atoms with E-state index in [1.807, 2.05) is 0 Å². The van der Waals surface area contributed by atoms with Gasteiger partial charge in [0.15, 0.2) is 11.6 Å². The Balaban J connectivity index is 1.65. The first-order valence-corrected chi connectivity index (χ1v) is 8.01. The molecule has 1 aliphatic carbocycles. The fourth-order valence-electron chi connectivity index (χ4n) is 2.46. The smallest absolute Gasteiger partial charge is 0.325 e. The molecule has 0 radical (unpaired) electrons. The van der Waals surface area contributed by atoms with Gasteiger partial charge in [0.2, 0.25) is 5.91 Å². The zero-order valence-electron chi connectivity index (χ0n) is 12.0. The topological polar surface area (TPSA) is 74.8 Å². The maximum Gasteiger partial charge on any atom is 0.346 e. The van der Waals surface area contributed by atoms with Crippen LogP contribution in [-0.4, -0.2) is 21.6 Å². The van der Waals surface area contributed by atoms with Gasteiger partial charge in [-0.1, -0.05) is 11.8 Å². The molecule has 1 heterocycles. The Morgan fingerprint density at radius 1 is 1.30 bits per heavy atom. The Hall–Kier alpha value is -2.22. The summed E-state index contributed by atoms with van der Waals surface area (Å²) in [6.45, 7) is 0. The number of aromatic nitrogens is 2. The number of aryl methyl sites for hydroxylation is 1. The van der Waals surface area contributed by atoms with Gasteiger partial charge in [-0.15, -0.1) is 0 Å². The molecule has 8 heteroatoms. The fourth-order valence-corrected chi connectivity index (χ4v) is 3.35. The molecule has 3 rings (SSSR count). The first kappa shape index (κ1) is 15.7. The van der Waals surface area contributed by atoms with Crippen molar-refractivity contribution < 1.29 is 13.6 Å². The lowest BCUT2D eigenvalue weighted by molar-refractivity contribution is -0.113. The standard InChI is InChI=1S/C15H13F2N3O2S/c16-10-5-4-8(6-11(10)17)18-13(21)7-23-14-9-2-1-3-12(9)19-15(22)20-14/h4-6H,1-3,7H2,(H,18,21)(H,19,20,22). The van der Waals surface area contributed by atoms with Crippen molar-refractivity contribution in [3.63, 3.8) is 0 Å². The molecule has 1 amide bonds. The van der Waals surface area contributed by atoms with Crippen LogP contribution in [-0.2, 0) is 17.6 Å². The van der Waals surface area contributed by atoms with E-state index in [0.717, 1.165) is 54.4 Å². The van der Waals surface area contributed by atoms with E-state index in [4.69, 9.17) is 0 Å². The highest BCUT2D eigenvalue weighted by molar-refractivity contribution is 8.00. The van der Waals surface area contributed by atoms with Crippen LogP contribution >= 0.6 is 11.8 Å². The third kappa shape index (κ3) is 3.58. The molecule has 0 saturated heterocycles. The molecule has 1 aromatic heterocycles. The number of carbonyl (C=O) groups excluding carboxylic acids is 1. The predicted molar refractivity (Wildman–Crippen MR) is 82.6 cm³/mol. The second-order valence-electron chi connectivity index (χ2n) is 5.12. The van der Waals surface area contributed by atoms with Crippen molar-refractivity contribution in [2.24, 2.45) is 0 Å². The SMILES string of the molecule is O=C(CSc1nc(=O)[nH]c2c1CCC2)Nc1ccc(F)c(F)c1. The molecule has 120 valence electrons. The molecule has 0 unspecified atom stereocenters. The number of rotatable bonds is 4. The third-order valence-corrected chi connectivity index (χ3v) is 4.50. The molecule has 0 atom stereocenters. The van der Waals surface area contributed by atoms with Crippen LogP contribution < -0.4 is 11.0 Å². The van der Waals surface area contributed by atoms with E-state index in [0.29, 0.717) is 5.03 Å². The minimum absolute atomic E-state index is 0.0297. The number of thioether (sulfide) groups is 1. The number of halogens is 2. The van der Waals surface area contributed by atoms with Crippen LogP contribution in [0.4, 0.5) is 14.5 Å². The van der Waals surface area contributed by atoms with Gasteiger partial charge in [0.1, 0.15) is 5.03 Å². The number of hydrogen-bond donors (Lipinski definition) is 2. The summed E-state index contributed by atoms with van der Waals surface area (Å²) in [7, 11) is 0. The maximum absolute atomic E-state index is 13.1. The van der Waals surface area contributed by atoms with Crippen LogP contribution in [0, 0.1) is 11.6 Å². The summed E-state index contributed by atoms with van der Waals surface area (Å²) in [4.78, 5) is 30.0. The molecule has 1 aromatic carbocycles. The van der Waals surface area contributed by atoms with Gasteiger partial charge < -0.3 is 10.3 Å². The number of anilines is 1. The summed E-state index contributed by atoms with van der Waals surface area (Å²) in [5, 5.41) is 3.04. The molecule has 2 aromatic rings. The van der Waals surface area contributed by atoms with Crippen LogP contribution in [0.25, 0.3) is 0 Å². The van der Waals surface area contributed by atoms with Crippen LogP contribution in [0.5, 0.6) is 0 Å². The fraction of sp³-hybridized carbons (Fsp3) is 0.267. The molecule has 0 saturated carbocycles. The quantitative estimate of drug-likeness (QED) is 0.663. The lowest BCUT2D eigenvalue weighted by atomic mass is 10.3. The highest BCUT2D eigenvalue weighted by Gasteiger charge is 2.18. The molecule has 23 heavy (non-hydrogen) atoms. The number of H-pyrrole nitrogens is 1. The molecular weight excluding hydrogens is 324 g/mol. The highest BCUT2D eigenvalue weighted by Crippen LogP contribution is 2.27. The van der Waals surface area contributed by atoms with Gasteiger partial charge in [-0.25, -0.2) is 13.6 Å². The summed E-state index contributed by atoms with van der Waals surface area (Å²) < 4.78 is 25.9. The number of carbonyl (C=O) groups is 1. The van der Waals surface area contributed by atoms with Crippen molar-refractivity contribution >= 4 is 23.4 Å². The zero-order valence-corrected chi connectivity index (χ0v) is 12.8. The molecular formula is C15H13F2N3O2S. The molecule has 0 spiro atoms. The molecule has 0 bridgehead atoms. The molecule has 2 N–H and O–H groups in total. The van der Waals surface area contributed by atoms with Gasteiger partial charge >= 0.3 is 5.69 Å². The number of nitrogens with zero attached hydrogens (tertiary/aromatic N) is 1. The van der Waals surface area contributed by atoms with E-state index in [1.165, 1.54) is 6.07 Å². The zero-order chi connectivity index (χ0) is 16.4. The Morgan fingerprint density at radius 2 is 2.13 bits per heavy atom.